The van der Waals surface area contributed by atoms with Crippen LogP contribution in [0.25, 0.3) is 88.4 Å². The van der Waals surface area contributed by atoms with Crippen LogP contribution in [0.3, 0.4) is 0 Å². The van der Waals surface area contributed by atoms with E-state index in [0.717, 1.165) is 111 Å². The van der Waals surface area contributed by atoms with Gasteiger partial charge in [-0.3, -0.25) is 0 Å². The third kappa shape index (κ3) is 8.58. The van der Waals surface area contributed by atoms with Crippen LogP contribution in [0.2, 0.25) is 0 Å². The molecule has 0 saturated heterocycles. The van der Waals surface area contributed by atoms with Gasteiger partial charge in [0, 0.05) is 80.7 Å². The highest BCUT2D eigenvalue weighted by Crippen LogP contribution is 2.53. The molecule has 0 fully saturated rings. The Balaban J connectivity index is 0.945. The summed E-state index contributed by atoms with van der Waals surface area (Å²) in [4.78, 5) is 10.5. The lowest BCUT2D eigenvalue weighted by Crippen LogP contribution is -2.64. The third-order valence-corrected chi connectivity index (χ3v) is 22.5. The van der Waals surface area contributed by atoms with E-state index in [1.807, 2.05) is 23.5 Å². The predicted molar refractivity (Wildman–Crippen MR) is 400 cm³/mol. The van der Waals surface area contributed by atoms with E-state index in [1.165, 1.54) is 74.9 Å². The van der Waals surface area contributed by atoms with Gasteiger partial charge in [-0.15, -0.1) is 0 Å². The summed E-state index contributed by atoms with van der Waals surface area (Å²) in [6, 6.07) is 101. The van der Waals surface area contributed by atoms with E-state index in [0.29, 0.717) is 0 Å². The van der Waals surface area contributed by atoms with Crippen LogP contribution >= 0.6 is 23.5 Å². The Hall–Kier alpha value is -10.1. The van der Waals surface area contributed by atoms with Crippen LogP contribution in [0.1, 0.15) is 52.7 Å². The van der Waals surface area contributed by atoms with Crippen LogP contribution < -0.4 is 42.6 Å². The molecule has 4 nitrogen and oxygen atoms in total. The van der Waals surface area contributed by atoms with Gasteiger partial charge in [0.25, 0.3) is 0 Å². The first-order valence-electron chi connectivity index (χ1n) is 32.8. The van der Waals surface area contributed by atoms with E-state index in [2.05, 4.69) is 318 Å². The summed E-state index contributed by atoms with van der Waals surface area (Å²) in [5.74, 6) is 0. The summed E-state index contributed by atoms with van der Waals surface area (Å²) < 4.78 is 13.0. The lowest BCUT2D eigenvalue weighted by atomic mass is 9.31. The Morgan fingerprint density at radius 1 is 0.298 bits per heavy atom. The minimum absolute atomic E-state index is 0.0536. The number of furan rings is 2. The molecule has 0 spiro atoms. The van der Waals surface area contributed by atoms with Crippen LogP contribution in [0.4, 0.5) is 34.1 Å². The zero-order valence-corrected chi connectivity index (χ0v) is 54.7. The van der Waals surface area contributed by atoms with Crippen molar-refractivity contribution in [1.82, 2.24) is 0 Å². The smallest absolute Gasteiger partial charge is 0.249 e. The first-order valence-corrected chi connectivity index (χ1v) is 34.4. The highest BCUT2D eigenvalue weighted by Gasteiger charge is 2.48. The molecule has 0 bridgehead atoms. The second kappa shape index (κ2) is 20.7. The van der Waals surface area contributed by atoms with Crippen molar-refractivity contribution in [2.75, 3.05) is 9.80 Å². The lowest BCUT2D eigenvalue weighted by molar-refractivity contribution is 0.588. The maximum absolute atomic E-state index is 6.51. The van der Waals surface area contributed by atoms with Crippen molar-refractivity contribution in [3.05, 3.63) is 278 Å². The third-order valence-electron chi connectivity index (χ3n) is 20.3. The van der Waals surface area contributed by atoms with Crippen LogP contribution in [0.5, 0.6) is 0 Å². The highest BCUT2D eigenvalue weighted by atomic mass is 32.2. The SMILES string of the molecule is CC(C)(C)c1ccc2c(c1)Sc1cc(-c3ccc4oc5ccccc5c4c3)cc3c1B2c1cc2c(cc1N3c1ccccc1)N(c1c(-c3ccccc3)cccc1-c1ccccc1)c1cc(-c3ccc4oc5ccccc5c4c3)cc3c1B2c1ccc(C(C)(C)C)cc1S3. The molecule has 4 aliphatic heterocycles. The fourth-order valence-electron chi connectivity index (χ4n) is 15.6. The average Bonchev–Trinajstić information content (AvgIpc) is 0.832. The summed E-state index contributed by atoms with van der Waals surface area (Å²) in [6.45, 7) is 13.8. The maximum atomic E-state index is 6.51. The van der Waals surface area contributed by atoms with Gasteiger partial charge in [-0.05, 0) is 168 Å². The molecule has 446 valence electrons. The molecule has 0 radical (unpaired) electrons. The first kappa shape index (κ1) is 55.5. The van der Waals surface area contributed by atoms with Gasteiger partial charge in [-0.2, -0.15) is 0 Å². The molecule has 0 amide bonds. The van der Waals surface area contributed by atoms with Crippen molar-refractivity contribution >= 4 is 148 Å². The molecular formula is C86H62B2N2O2S2. The van der Waals surface area contributed by atoms with Crippen LogP contribution in [-0.4, -0.2) is 13.4 Å². The predicted octanol–water partition coefficient (Wildman–Crippen LogP) is 20.3. The second-order valence-electron chi connectivity index (χ2n) is 27.9. The van der Waals surface area contributed by atoms with Crippen LogP contribution in [0.15, 0.2) is 295 Å². The minimum atomic E-state index is -0.117. The Morgan fingerprint density at radius 3 is 1.22 bits per heavy atom. The number of fused-ring (bicyclic) bond motifs is 14. The van der Waals surface area contributed by atoms with Gasteiger partial charge in [0.05, 0.1) is 5.69 Å². The maximum Gasteiger partial charge on any atom is 0.249 e. The second-order valence-corrected chi connectivity index (χ2v) is 30.1. The molecule has 0 aliphatic carbocycles. The molecule has 19 rings (SSSR count). The topological polar surface area (TPSA) is 32.8 Å². The zero-order chi connectivity index (χ0) is 62.9. The molecular weight excluding hydrogens is 1180 g/mol. The van der Waals surface area contributed by atoms with Gasteiger partial charge in [0.1, 0.15) is 22.3 Å². The standard InChI is InChI=1S/C86H62B2N2O2S2/c1-85(2,3)57-35-37-66-78(47-57)93-80-45-55(53-33-39-76-64(41-53)62-27-16-18-31-74(62)91-76)43-72-82(80)87(66)68-49-69-71(50-70(68)89(72)59-25-14-9-15-26-59)90(84-60(51-21-10-7-11-22-51)29-20-30-61(84)52-23-12-8-13-24-52)73-44-56(54-34-40-77-65(42-54)63-28-17-19-32-75(63)92-77)46-81-83(73)88(69)67-38-36-58(86(4,5)6)48-79(67)94-81/h7-50H,1-6H3. The minimum Gasteiger partial charge on any atom is -0.456 e. The van der Waals surface area contributed by atoms with Gasteiger partial charge in [0.15, 0.2) is 0 Å². The number of hydrogen-bond donors (Lipinski definition) is 0. The fraction of sp³-hybridized carbons (Fsp3) is 0.0930. The van der Waals surface area contributed by atoms with Crippen molar-refractivity contribution in [2.45, 2.75) is 72.0 Å². The van der Waals surface area contributed by atoms with E-state index < -0.39 is 0 Å². The van der Waals surface area contributed by atoms with E-state index in [1.54, 1.807) is 0 Å². The van der Waals surface area contributed by atoms with Crippen molar-refractivity contribution in [1.29, 1.82) is 0 Å². The monoisotopic (exact) mass is 1240 g/mol. The highest BCUT2D eigenvalue weighted by molar-refractivity contribution is 8.00. The molecule has 8 heteroatoms. The molecule has 13 aromatic carbocycles. The first-order chi connectivity index (χ1) is 45.8. The molecule has 15 aromatic rings. The van der Waals surface area contributed by atoms with Gasteiger partial charge >= 0.3 is 0 Å². The number of nitrogens with zero attached hydrogens (tertiary/aromatic N) is 2. The van der Waals surface area contributed by atoms with Crippen molar-refractivity contribution in [2.24, 2.45) is 0 Å². The number of para-hydroxylation sites is 4. The van der Waals surface area contributed by atoms with Crippen LogP contribution in [-0.2, 0) is 10.8 Å². The molecule has 0 atom stereocenters. The molecule has 2 aromatic heterocycles. The Bertz CT molecular complexity index is 5630. The molecule has 6 heterocycles. The van der Waals surface area contributed by atoms with E-state index in [-0.39, 0.29) is 24.3 Å². The Labute approximate surface area is 557 Å². The molecule has 0 saturated carbocycles. The number of anilines is 6. The summed E-state index contributed by atoms with van der Waals surface area (Å²) in [7, 11) is 0. The Kier molecular flexibility index (Phi) is 12.2. The van der Waals surface area contributed by atoms with Gasteiger partial charge < -0.3 is 18.6 Å². The van der Waals surface area contributed by atoms with Gasteiger partial charge in [-0.1, -0.05) is 252 Å². The van der Waals surface area contributed by atoms with Gasteiger partial charge in [-0.25, -0.2) is 0 Å². The zero-order valence-electron chi connectivity index (χ0n) is 53.1. The molecule has 94 heavy (non-hydrogen) atoms. The van der Waals surface area contributed by atoms with Crippen molar-refractivity contribution in [3.63, 3.8) is 0 Å². The van der Waals surface area contributed by atoms with E-state index in [9.17, 15) is 0 Å². The quantitative estimate of drug-likeness (QED) is 0.154. The summed E-state index contributed by atoms with van der Waals surface area (Å²) in [5, 5.41) is 4.47. The molecule has 4 aliphatic rings. The molecule has 0 N–H and O–H groups in total. The van der Waals surface area contributed by atoms with Crippen molar-refractivity contribution in [3.8, 4) is 44.5 Å². The summed E-state index contributed by atoms with van der Waals surface area (Å²) in [6.07, 6.45) is 0. The van der Waals surface area contributed by atoms with E-state index in [4.69, 9.17) is 8.83 Å². The largest absolute Gasteiger partial charge is 0.456 e. The summed E-state index contributed by atoms with van der Waals surface area (Å²) in [5.41, 5.74) is 30.2. The number of hydrogen-bond acceptors (Lipinski definition) is 6. The average molecular weight is 1240 g/mol. The number of benzene rings is 13. The van der Waals surface area contributed by atoms with Gasteiger partial charge in [0.2, 0.25) is 13.4 Å². The molecule has 0 unspecified atom stereocenters. The Morgan fingerprint density at radius 2 is 0.734 bits per heavy atom. The van der Waals surface area contributed by atoms with E-state index >= 15 is 0 Å². The van der Waals surface area contributed by atoms with Crippen LogP contribution in [0, 0.1) is 0 Å². The lowest BCUT2D eigenvalue weighted by Gasteiger charge is -2.45. The summed E-state index contributed by atoms with van der Waals surface area (Å²) >= 11 is 3.87. The van der Waals surface area contributed by atoms with Crippen molar-refractivity contribution < 1.29 is 8.83 Å². The number of rotatable bonds is 6. The normalized spacial score (nSPS) is 13.7. The fourth-order valence-corrected chi connectivity index (χ4v) is 18.1.